The van der Waals surface area contributed by atoms with Gasteiger partial charge in [-0.25, -0.2) is 9.97 Å². The van der Waals surface area contributed by atoms with E-state index in [1.54, 1.807) is 0 Å². The van der Waals surface area contributed by atoms with Crippen LogP contribution in [0.3, 0.4) is 0 Å². The fourth-order valence-electron chi connectivity index (χ4n) is 5.06. The number of rotatable bonds is 3. The summed E-state index contributed by atoms with van der Waals surface area (Å²) >= 11 is 0. The quantitative estimate of drug-likeness (QED) is 0.743. The highest BCUT2D eigenvalue weighted by atomic mass is 16.5. The van der Waals surface area contributed by atoms with Gasteiger partial charge in [-0.3, -0.25) is 0 Å². The molecule has 2 saturated carbocycles. The minimum Gasteiger partial charge on any atom is -0.361 e. The van der Waals surface area contributed by atoms with Gasteiger partial charge in [-0.2, -0.15) is 0 Å². The SMILES string of the molecule is Cc1noc(C)c1-c1nc(C(C)C)nc(C2C[C@H]3CCC[C@H]3C2)c1C. The summed E-state index contributed by atoms with van der Waals surface area (Å²) < 4.78 is 5.42. The van der Waals surface area contributed by atoms with Gasteiger partial charge in [0, 0.05) is 11.8 Å². The van der Waals surface area contributed by atoms with E-state index in [9.17, 15) is 0 Å². The minimum atomic E-state index is 0.319. The maximum atomic E-state index is 5.42. The van der Waals surface area contributed by atoms with Crippen LogP contribution in [0.1, 0.15) is 86.3 Å². The van der Waals surface area contributed by atoms with E-state index in [2.05, 4.69) is 25.9 Å². The van der Waals surface area contributed by atoms with E-state index in [1.165, 1.54) is 43.4 Å². The molecular weight excluding hydrogens is 310 g/mol. The van der Waals surface area contributed by atoms with Crippen LogP contribution in [0.15, 0.2) is 4.52 Å². The lowest BCUT2D eigenvalue weighted by Gasteiger charge is -2.19. The van der Waals surface area contributed by atoms with Crippen molar-refractivity contribution in [1.82, 2.24) is 15.1 Å². The first kappa shape index (κ1) is 16.7. The second kappa shape index (κ2) is 6.22. The van der Waals surface area contributed by atoms with Crippen molar-refractivity contribution < 1.29 is 4.52 Å². The average Bonchev–Trinajstić information content (AvgIpc) is 3.23. The molecule has 4 rings (SSSR count). The van der Waals surface area contributed by atoms with Gasteiger partial charge in [-0.05, 0) is 51.0 Å². The van der Waals surface area contributed by atoms with Gasteiger partial charge < -0.3 is 4.52 Å². The average molecular weight is 339 g/mol. The van der Waals surface area contributed by atoms with Crippen molar-refractivity contribution in [2.24, 2.45) is 11.8 Å². The number of hydrogen-bond acceptors (Lipinski definition) is 4. The summed E-state index contributed by atoms with van der Waals surface area (Å²) in [4.78, 5) is 9.98. The molecule has 0 radical (unpaired) electrons. The highest BCUT2D eigenvalue weighted by Crippen LogP contribution is 2.51. The molecule has 2 fully saturated rings. The van der Waals surface area contributed by atoms with Crippen molar-refractivity contribution in [3.63, 3.8) is 0 Å². The monoisotopic (exact) mass is 339 g/mol. The Morgan fingerprint density at radius 2 is 1.68 bits per heavy atom. The maximum absolute atomic E-state index is 5.42. The number of nitrogens with zero attached hydrogens (tertiary/aromatic N) is 3. The van der Waals surface area contributed by atoms with E-state index in [0.29, 0.717) is 11.8 Å². The summed E-state index contributed by atoms with van der Waals surface area (Å²) in [6.07, 6.45) is 6.87. The topological polar surface area (TPSA) is 51.8 Å². The van der Waals surface area contributed by atoms with Crippen molar-refractivity contribution in [1.29, 1.82) is 0 Å². The Balaban J connectivity index is 1.82. The molecule has 2 aromatic heterocycles. The van der Waals surface area contributed by atoms with Gasteiger partial charge in [0.2, 0.25) is 0 Å². The van der Waals surface area contributed by atoms with Gasteiger partial charge >= 0.3 is 0 Å². The summed E-state index contributed by atoms with van der Waals surface area (Å²) in [5.41, 5.74) is 5.51. The molecule has 2 heterocycles. The van der Waals surface area contributed by atoms with Crippen LogP contribution in [0.25, 0.3) is 11.3 Å². The van der Waals surface area contributed by atoms with Crippen LogP contribution in [-0.4, -0.2) is 15.1 Å². The second-order valence-electron chi connectivity index (χ2n) is 8.41. The normalized spacial score (nSPS) is 25.8. The maximum Gasteiger partial charge on any atom is 0.143 e. The van der Waals surface area contributed by atoms with Crippen LogP contribution in [0, 0.1) is 32.6 Å². The van der Waals surface area contributed by atoms with Gasteiger partial charge in [-0.1, -0.05) is 38.3 Å². The van der Waals surface area contributed by atoms with E-state index < -0.39 is 0 Å². The van der Waals surface area contributed by atoms with Crippen molar-refractivity contribution in [3.8, 4) is 11.3 Å². The molecule has 0 spiro atoms. The molecule has 2 aromatic rings. The summed E-state index contributed by atoms with van der Waals surface area (Å²) in [7, 11) is 0. The Bertz CT molecular complexity index is 761. The predicted molar refractivity (Wildman–Crippen MR) is 98.6 cm³/mol. The summed E-state index contributed by atoms with van der Waals surface area (Å²) in [5.74, 6) is 4.55. The molecule has 2 aliphatic carbocycles. The molecule has 0 amide bonds. The van der Waals surface area contributed by atoms with Crippen molar-refractivity contribution in [2.45, 2.75) is 78.6 Å². The van der Waals surface area contributed by atoms with Crippen LogP contribution in [0.5, 0.6) is 0 Å². The standard InChI is InChI=1S/C21H29N3O/c1-11(2)21-22-19(17-9-15-7-6-8-16(15)10-17)12(3)20(23-21)18-13(4)24-25-14(18)5/h11,15-17H,6-10H2,1-5H3/t15-,16+,17?. The minimum absolute atomic E-state index is 0.319. The Kier molecular flexibility index (Phi) is 4.17. The van der Waals surface area contributed by atoms with Crippen LogP contribution in [-0.2, 0) is 0 Å². The lowest BCUT2D eigenvalue weighted by Crippen LogP contribution is -2.10. The van der Waals surface area contributed by atoms with E-state index in [-0.39, 0.29) is 0 Å². The summed E-state index contributed by atoms with van der Waals surface area (Å²) in [5, 5.41) is 4.15. The van der Waals surface area contributed by atoms with E-state index in [4.69, 9.17) is 14.5 Å². The molecule has 0 bridgehead atoms. The molecule has 134 valence electrons. The van der Waals surface area contributed by atoms with E-state index >= 15 is 0 Å². The molecule has 0 aromatic carbocycles. The third-order valence-corrected chi connectivity index (χ3v) is 6.37. The fourth-order valence-corrected chi connectivity index (χ4v) is 5.06. The van der Waals surface area contributed by atoms with Gasteiger partial charge in [-0.15, -0.1) is 0 Å². The zero-order valence-corrected chi connectivity index (χ0v) is 16.1. The highest BCUT2D eigenvalue weighted by Gasteiger charge is 2.39. The smallest absolute Gasteiger partial charge is 0.143 e. The molecule has 4 nitrogen and oxygen atoms in total. The molecule has 4 heteroatoms. The zero-order chi connectivity index (χ0) is 17.7. The number of fused-ring (bicyclic) bond motifs is 1. The number of hydrogen-bond donors (Lipinski definition) is 0. The third kappa shape index (κ3) is 2.80. The third-order valence-electron chi connectivity index (χ3n) is 6.37. The molecule has 3 atom stereocenters. The van der Waals surface area contributed by atoms with Crippen molar-refractivity contribution in [3.05, 3.63) is 28.5 Å². The lowest BCUT2D eigenvalue weighted by atomic mass is 9.93. The second-order valence-corrected chi connectivity index (χ2v) is 8.41. The van der Waals surface area contributed by atoms with Crippen LogP contribution < -0.4 is 0 Å². The van der Waals surface area contributed by atoms with Gasteiger partial charge in [0.05, 0.1) is 22.6 Å². The van der Waals surface area contributed by atoms with Gasteiger partial charge in [0.15, 0.2) is 0 Å². The molecule has 0 saturated heterocycles. The summed E-state index contributed by atoms with van der Waals surface area (Å²) in [6.45, 7) is 10.5. The Morgan fingerprint density at radius 3 is 2.24 bits per heavy atom. The number of aryl methyl sites for hydroxylation is 2. The van der Waals surface area contributed by atoms with E-state index in [1.807, 2.05) is 13.8 Å². The Morgan fingerprint density at radius 1 is 1.00 bits per heavy atom. The Hall–Kier alpha value is -1.71. The zero-order valence-electron chi connectivity index (χ0n) is 16.1. The first-order valence-corrected chi connectivity index (χ1v) is 9.77. The molecular formula is C21H29N3O. The predicted octanol–water partition coefficient (Wildman–Crippen LogP) is 5.47. The van der Waals surface area contributed by atoms with E-state index in [0.717, 1.165) is 40.4 Å². The molecule has 25 heavy (non-hydrogen) atoms. The van der Waals surface area contributed by atoms with Gasteiger partial charge in [0.1, 0.15) is 11.6 Å². The van der Waals surface area contributed by atoms with Crippen molar-refractivity contribution >= 4 is 0 Å². The molecule has 2 aliphatic rings. The van der Waals surface area contributed by atoms with Crippen molar-refractivity contribution in [2.75, 3.05) is 0 Å². The first-order chi connectivity index (χ1) is 12.0. The number of aromatic nitrogens is 3. The summed E-state index contributed by atoms with van der Waals surface area (Å²) in [6, 6.07) is 0. The largest absolute Gasteiger partial charge is 0.361 e. The lowest BCUT2D eigenvalue weighted by molar-refractivity contribution is 0.393. The fraction of sp³-hybridized carbons (Fsp3) is 0.667. The molecule has 0 aliphatic heterocycles. The van der Waals surface area contributed by atoms with Gasteiger partial charge in [0.25, 0.3) is 0 Å². The first-order valence-electron chi connectivity index (χ1n) is 9.77. The molecule has 0 N–H and O–H groups in total. The highest BCUT2D eigenvalue weighted by molar-refractivity contribution is 5.68. The van der Waals surface area contributed by atoms with Crippen LogP contribution in [0.4, 0.5) is 0 Å². The molecule has 1 unspecified atom stereocenters. The van der Waals surface area contributed by atoms with Crippen LogP contribution in [0.2, 0.25) is 0 Å². The van der Waals surface area contributed by atoms with Crippen LogP contribution >= 0.6 is 0 Å². The Labute approximate surface area is 150 Å².